The van der Waals surface area contributed by atoms with E-state index in [0.717, 1.165) is 12.0 Å². The zero-order valence-corrected chi connectivity index (χ0v) is 17.5. The molecule has 2 aromatic rings. The molecule has 0 radical (unpaired) electrons. The first-order valence-electron chi connectivity index (χ1n) is 9.70. The van der Waals surface area contributed by atoms with E-state index in [1.54, 1.807) is 26.1 Å². The first-order valence-corrected chi connectivity index (χ1v) is 10.1. The largest absolute Gasteiger partial charge is 0.463 e. The molecule has 154 valence electrons. The third kappa shape index (κ3) is 4.00. The van der Waals surface area contributed by atoms with Crippen molar-refractivity contribution in [2.24, 2.45) is 0 Å². The number of benzene rings is 1. The van der Waals surface area contributed by atoms with Crippen molar-refractivity contribution < 1.29 is 19.1 Å². The highest BCUT2D eigenvalue weighted by atomic mass is 35.5. The predicted molar refractivity (Wildman–Crippen MR) is 110 cm³/mol. The van der Waals surface area contributed by atoms with Gasteiger partial charge in [0.2, 0.25) is 0 Å². The fourth-order valence-electron chi connectivity index (χ4n) is 3.49. The number of nitrogens with zero attached hydrogens (tertiary/aromatic N) is 2. The van der Waals surface area contributed by atoms with Crippen LogP contribution in [0.5, 0.6) is 0 Å². The minimum atomic E-state index is -0.588. The Labute approximate surface area is 174 Å². The smallest absolute Gasteiger partial charge is 0.436 e. The third-order valence-electron chi connectivity index (χ3n) is 4.64. The van der Waals surface area contributed by atoms with E-state index in [4.69, 9.17) is 21.1 Å². The van der Waals surface area contributed by atoms with Gasteiger partial charge >= 0.3 is 12.1 Å². The van der Waals surface area contributed by atoms with Gasteiger partial charge in [0.15, 0.2) is 0 Å². The minimum absolute atomic E-state index is 0.229. The highest BCUT2D eigenvalue weighted by molar-refractivity contribution is 6.31. The fraction of sp³-hybridized carbons (Fsp3) is 0.381. The van der Waals surface area contributed by atoms with Crippen LogP contribution in [0.1, 0.15) is 50.7 Å². The van der Waals surface area contributed by atoms with E-state index in [9.17, 15) is 9.59 Å². The van der Waals surface area contributed by atoms with Crippen LogP contribution in [-0.2, 0) is 14.3 Å². The summed E-state index contributed by atoms with van der Waals surface area (Å²) < 4.78 is 11.7. The molecule has 8 heteroatoms. The standard InChI is InChI=1S/C21H24ClN3O4/c1-4-9-16-18(20(26)28-5-2)17(13-10-7-8-11-15(13)22)14-12-23-25(19(14)24-16)21(27)29-6-3/h7-8,10-12,17,24H,4-6,9H2,1-3H3. The Kier molecular flexibility index (Phi) is 6.59. The summed E-state index contributed by atoms with van der Waals surface area (Å²) in [4.78, 5) is 25.3. The van der Waals surface area contributed by atoms with Crippen LogP contribution in [0.15, 0.2) is 41.7 Å². The maximum absolute atomic E-state index is 12.9. The molecular formula is C21H24ClN3O4. The van der Waals surface area contributed by atoms with E-state index in [0.29, 0.717) is 34.1 Å². The molecule has 0 spiro atoms. The first-order chi connectivity index (χ1) is 14.0. The van der Waals surface area contributed by atoms with Crippen LogP contribution in [-0.4, -0.2) is 35.1 Å². The van der Waals surface area contributed by atoms with Gasteiger partial charge in [0.1, 0.15) is 5.82 Å². The van der Waals surface area contributed by atoms with Crippen LogP contribution < -0.4 is 5.32 Å². The first kappa shape index (κ1) is 20.9. The van der Waals surface area contributed by atoms with Gasteiger partial charge in [-0.05, 0) is 31.9 Å². The molecule has 0 saturated carbocycles. The predicted octanol–water partition coefficient (Wildman–Crippen LogP) is 4.72. The summed E-state index contributed by atoms with van der Waals surface area (Å²) in [5, 5.41) is 7.96. The molecule has 3 rings (SSSR count). The average Bonchev–Trinajstić information content (AvgIpc) is 3.12. The van der Waals surface area contributed by atoms with E-state index in [1.165, 1.54) is 4.68 Å². The lowest BCUT2D eigenvalue weighted by Gasteiger charge is -2.29. The molecule has 0 fully saturated rings. The maximum atomic E-state index is 12.9. The van der Waals surface area contributed by atoms with E-state index in [-0.39, 0.29) is 13.2 Å². The molecular weight excluding hydrogens is 394 g/mol. The van der Waals surface area contributed by atoms with Crippen molar-refractivity contribution in [1.29, 1.82) is 0 Å². The molecule has 1 aliphatic rings. The van der Waals surface area contributed by atoms with Gasteiger partial charge in [0.05, 0.1) is 25.0 Å². The number of anilines is 1. The molecule has 1 aromatic carbocycles. The van der Waals surface area contributed by atoms with Crippen molar-refractivity contribution in [1.82, 2.24) is 9.78 Å². The molecule has 1 aromatic heterocycles. The summed E-state index contributed by atoms with van der Waals surface area (Å²) in [6.45, 7) is 6.00. The number of carbonyl (C=O) groups is 2. The Morgan fingerprint density at radius 3 is 2.52 bits per heavy atom. The zero-order valence-electron chi connectivity index (χ0n) is 16.7. The molecule has 0 aliphatic carbocycles. The Morgan fingerprint density at radius 2 is 1.86 bits per heavy atom. The van der Waals surface area contributed by atoms with E-state index in [2.05, 4.69) is 10.4 Å². The number of aromatic nitrogens is 2. The number of hydrogen-bond acceptors (Lipinski definition) is 6. The monoisotopic (exact) mass is 417 g/mol. The summed E-state index contributed by atoms with van der Waals surface area (Å²) in [5.74, 6) is -0.448. The number of esters is 1. The van der Waals surface area contributed by atoms with Crippen LogP contribution in [0.25, 0.3) is 0 Å². The fourth-order valence-corrected chi connectivity index (χ4v) is 3.73. The van der Waals surface area contributed by atoms with Gasteiger partial charge in [0.25, 0.3) is 0 Å². The Morgan fingerprint density at radius 1 is 1.14 bits per heavy atom. The van der Waals surface area contributed by atoms with Gasteiger partial charge in [-0.1, -0.05) is 43.1 Å². The summed E-state index contributed by atoms with van der Waals surface area (Å²) in [7, 11) is 0. The summed E-state index contributed by atoms with van der Waals surface area (Å²) in [6, 6.07) is 7.33. The van der Waals surface area contributed by atoms with Crippen LogP contribution >= 0.6 is 11.6 Å². The molecule has 1 aliphatic heterocycles. The van der Waals surface area contributed by atoms with Gasteiger partial charge < -0.3 is 14.8 Å². The molecule has 1 unspecified atom stereocenters. The second kappa shape index (κ2) is 9.13. The normalized spacial score (nSPS) is 15.5. The number of halogens is 1. The van der Waals surface area contributed by atoms with Crippen molar-refractivity contribution >= 4 is 29.5 Å². The van der Waals surface area contributed by atoms with E-state index in [1.807, 2.05) is 25.1 Å². The summed E-state index contributed by atoms with van der Waals surface area (Å²) in [5.41, 5.74) is 2.58. The van der Waals surface area contributed by atoms with Gasteiger partial charge in [-0.25, -0.2) is 9.59 Å². The lowest BCUT2D eigenvalue weighted by atomic mass is 9.82. The van der Waals surface area contributed by atoms with Crippen LogP contribution in [0.4, 0.5) is 10.6 Å². The minimum Gasteiger partial charge on any atom is -0.463 e. The molecule has 7 nitrogen and oxygen atoms in total. The molecule has 1 N–H and O–H groups in total. The lowest BCUT2D eigenvalue weighted by Crippen LogP contribution is -2.27. The molecule has 2 heterocycles. The van der Waals surface area contributed by atoms with Crippen molar-refractivity contribution in [2.75, 3.05) is 18.5 Å². The third-order valence-corrected chi connectivity index (χ3v) is 4.99. The van der Waals surface area contributed by atoms with Gasteiger partial charge in [-0.15, -0.1) is 4.68 Å². The number of rotatable bonds is 6. The highest BCUT2D eigenvalue weighted by Crippen LogP contribution is 2.45. The van der Waals surface area contributed by atoms with Gasteiger partial charge in [-0.3, -0.25) is 0 Å². The number of nitrogens with one attached hydrogen (secondary N) is 1. The van der Waals surface area contributed by atoms with Crippen molar-refractivity contribution in [3.05, 3.63) is 57.9 Å². The lowest BCUT2D eigenvalue weighted by molar-refractivity contribution is -0.138. The number of fused-ring (bicyclic) bond motifs is 1. The summed E-state index contributed by atoms with van der Waals surface area (Å²) in [6.07, 6.45) is 2.37. The maximum Gasteiger partial charge on any atom is 0.436 e. The second-order valence-corrected chi connectivity index (χ2v) is 6.91. The molecule has 0 amide bonds. The Balaban J connectivity index is 2.23. The number of allylic oxidation sites excluding steroid dienone is 1. The Bertz CT molecular complexity index is 951. The number of carbonyl (C=O) groups excluding carboxylic acids is 2. The molecule has 1 atom stereocenters. The van der Waals surface area contributed by atoms with E-state index < -0.39 is 18.0 Å². The van der Waals surface area contributed by atoms with Crippen molar-refractivity contribution in [3.8, 4) is 0 Å². The van der Waals surface area contributed by atoms with Crippen LogP contribution in [0.2, 0.25) is 5.02 Å². The van der Waals surface area contributed by atoms with Crippen molar-refractivity contribution in [2.45, 2.75) is 39.5 Å². The SMILES string of the molecule is CCCC1=C(C(=O)OCC)C(c2ccccc2Cl)c2cnn(C(=O)OCC)c2N1. The molecule has 0 saturated heterocycles. The van der Waals surface area contributed by atoms with Gasteiger partial charge in [0, 0.05) is 22.2 Å². The molecule has 0 bridgehead atoms. The number of hydrogen-bond donors (Lipinski definition) is 1. The quantitative estimate of drug-likeness (QED) is 0.685. The highest BCUT2D eigenvalue weighted by Gasteiger charge is 2.38. The van der Waals surface area contributed by atoms with E-state index >= 15 is 0 Å². The van der Waals surface area contributed by atoms with Gasteiger partial charge in [-0.2, -0.15) is 5.10 Å². The number of ether oxygens (including phenoxy) is 2. The second-order valence-electron chi connectivity index (χ2n) is 6.50. The summed E-state index contributed by atoms with van der Waals surface area (Å²) >= 11 is 6.50. The zero-order chi connectivity index (χ0) is 21.0. The van der Waals surface area contributed by atoms with Crippen molar-refractivity contribution in [3.63, 3.8) is 0 Å². The average molecular weight is 418 g/mol. The topological polar surface area (TPSA) is 82.5 Å². The van der Waals surface area contributed by atoms with Crippen LogP contribution in [0, 0.1) is 0 Å². The Hall–Kier alpha value is -2.80. The van der Waals surface area contributed by atoms with Crippen LogP contribution in [0.3, 0.4) is 0 Å². The molecule has 29 heavy (non-hydrogen) atoms.